The molecule has 0 saturated heterocycles. The Hall–Kier alpha value is -0.940. The third-order valence-corrected chi connectivity index (χ3v) is 4.49. The van der Waals surface area contributed by atoms with Crippen LogP contribution in [0, 0.1) is 5.92 Å². The standard InChI is InChI=1S/C13H18N2OS2/c1-9-5-2-3-6-10(9)14-13(17)15-12(16)11-7-4-8-18-11/h4,7-10H,2-3,5-6H2,1H3,(H2,14,15,16,17)/t9-,10+/m1/s1. The van der Waals surface area contributed by atoms with E-state index in [1.807, 2.05) is 11.4 Å². The highest BCUT2D eigenvalue weighted by Crippen LogP contribution is 2.23. The number of hydrogen-bond donors (Lipinski definition) is 2. The SMILES string of the molecule is C[C@@H]1CCCC[C@@H]1NC(=S)NC(=O)c1cccs1. The first kappa shape index (κ1) is 13.5. The Morgan fingerprint density at radius 3 is 2.89 bits per heavy atom. The van der Waals surface area contributed by atoms with Crippen LogP contribution in [0.2, 0.25) is 0 Å². The molecule has 1 aromatic heterocycles. The molecule has 2 N–H and O–H groups in total. The minimum atomic E-state index is -0.119. The first-order valence-electron chi connectivity index (χ1n) is 6.32. The third-order valence-electron chi connectivity index (χ3n) is 3.40. The van der Waals surface area contributed by atoms with Crippen LogP contribution in [0.4, 0.5) is 0 Å². The normalized spacial score (nSPS) is 23.4. The number of thiocarbonyl (C=S) groups is 1. The van der Waals surface area contributed by atoms with Gasteiger partial charge in [0.25, 0.3) is 5.91 Å². The molecule has 0 aliphatic heterocycles. The van der Waals surface area contributed by atoms with Crippen molar-refractivity contribution in [1.82, 2.24) is 10.6 Å². The quantitative estimate of drug-likeness (QED) is 0.820. The Balaban J connectivity index is 1.83. The van der Waals surface area contributed by atoms with E-state index in [0.29, 0.717) is 21.9 Å². The van der Waals surface area contributed by atoms with Crippen molar-refractivity contribution in [3.05, 3.63) is 22.4 Å². The van der Waals surface area contributed by atoms with Crippen LogP contribution in [0.15, 0.2) is 17.5 Å². The van der Waals surface area contributed by atoms with E-state index >= 15 is 0 Å². The maximum Gasteiger partial charge on any atom is 0.267 e. The first-order valence-corrected chi connectivity index (χ1v) is 7.61. The van der Waals surface area contributed by atoms with Crippen molar-refractivity contribution < 1.29 is 4.79 Å². The summed E-state index contributed by atoms with van der Waals surface area (Å²) in [6, 6.07) is 4.06. The molecule has 0 aromatic carbocycles. The Morgan fingerprint density at radius 1 is 1.44 bits per heavy atom. The van der Waals surface area contributed by atoms with Crippen molar-refractivity contribution in [2.45, 2.75) is 38.6 Å². The predicted octanol–water partition coefficient (Wildman–Crippen LogP) is 2.93. The first-order chi connectivity index (χ1) is 8.66. The summed E-state index contributed by atoms with van der Waals surface area (Å²) < 4.78 is 0. The molecule has 2 rings (SSSR count). The van der Waals surface area contributed by atoms with Crippen LogP contribution < -0.4 is 10.6 Å². The van der Waals surface area contributed by atoms with E-state index in [9.17, 15) is 4.79 Å². The van der Waals surface area contributed by atoms with Gasteiger partial charge in [-0.15, -0.1) is 11.3 Å². The van der Waals surface area contributed by atoms with Crippen LogP contribution in [-0.4, -0.2) is 17.1 Å². The molecule has 1 saturated carbocycles. The zero-order valence-electron chi connectivity index (χ0n) is 10.4. The van der Waals surface area contributed by atoms with Crippen molar-refractivity contribution in [2.75, 3.05) is 0 Å². The number of amides is 1. The Bertz CT molecular complexity index is 417. The number of thiophene rings is 1. The number of carbonyl (C=O) groups excluding carboxylic acids is 1. The highest BCUT2D eigenvalue weighted by molar-refractivity contribution is 7.80. The van der Waals surface area contributed by atoms with E-state index in [0.717, 1.165) is 6.42 Å². The van der Waals surface area contributed by atoms with Gasteiger partial charge in [-0.3, -0.25) is 10.1 Å². The van der Waals surface area contributed by atoms with Gasteiger partial charge in [0.2, 0.25) is 0 Å². The molecule has 1 aliphatic rings. The molecule has 0 spiro atoms. The minimum Gasteiger partial charge on any atom is -0.359 e. The number of carbonyl (C=O) groups is 1. The van der Waals surface area contributed by atoms with Crippen LogP contribution >= 0.6 is 23.6 Å². The van der Waals surface area contributed by atoms with E-state index in [1.54, 1.807) is 6.07 Å². The van der Waals surface area contributed by atoms with E-state index < -0.39 is 0 Å². The van der Waals surface area contributed by atoms with Crippen LogP contribution in [0.1, 0.15) is 42.3 Å². The smallest absolute Gasteiger partial charge is 0.267 e. The molecule has 1 amide bonds. The molecule has 1 aliphatic carbocycles. The molecule has 5 heteroatoms. The zero-order chi connectivity index (χ0) is 13.0. The van der Waals surface area contributed by atoms with Crippen LogP contribution in [-0.2, 0) is 0 Å². The largest absolute Gasteiger partial charge is 0.359 e. The lowest BCUT2D eigenvalue weighted by Crippen LogP contribution is -2.47. The fraction of sp³-hybridized carbons (Fsp3) is 0.538. The van der Waals surface area contributed by atoms with E-state index in [1.165, 1.54) is 30.6 Å². The Labute approximate surface area is 117 Å². The number of rotatable bonds is 2. The highest BCUT2D eigenvalue weighted by atomic mass is 32.1. The van der Waals surface area contributed by atoms with Crippen molar-refractivity contribution in [2.24, 2.45) is 5.92 Å². The molecule has 0 unspecified atom stereocenters. The zero-order valence-corrected chi connectivity index (χ0v) is 12.1. The molecule has 0 bridgehead atoms. The van der Waals surface area contributed by atoms with Gasteiger partial charge in [-0.25, -0.2) is 0 Å². The summed E-state index contributed by atoms with van der Waals surface area (Å²) >= 11 is 6.62. The van der Waals surface area contributed by atoms with Crippen molar-refractivity contribution in [3.8, 4) is 0 Å². The summed E-state index contributed by atoms with van der Waals surface area (Å²) in [5.41, 5.74) is 0. The molecule has 2 atom stereocenters. The number of nitrogens with one attached hydrogen (secondary N) is 2. The highest BCUT2D eigenvalue weighted by Gasteiger charge is 2.22. The molecular weight excluding hydrogens is 264 g/mol. The van der Waals surface area contributed by atoms with E-state index in [2.05, 4.69) is 17.6 Å². The second-order valence-electron chi connectivity index (χ2n) is 4.77. The summed E-state index contributed by atoms with van der Waals surface area (Å²) in [6.45, 7) is 2.24. The van der Waals surface area contributed by atoms with Crippen LogP contribution in [0.25, 0.3) is 0 Å². The van der Waals surface area contributed by atoms with Gasteiger partial charge in [-0.05, 0) is 42.4 Å². The lowest BCUT2D eigenvalue weighted by Gasteiger charge is -2.30. The van der Waals surface area contributed by atoms with Crippen molar-refractivity contribution in [1.29, 1.82) is 0 Å². The topological polar surface area (TPSA) is 41.1 Å². The predicted molar refractivity (Wildman–Crippen MR) is 78.9 cm³/mol. The van der Waals surface area contributed by atoms with E-state index in [4.69, 9.17) is 12.2 Å². The van der Waals surface area contributed by atoms with Gasteiger partial charge in [-0.2, -0.15) is 0 Å². The second-order valence-corrected chi connectivity index (χ2v) is 6.13. The summed E-state index contributed by atoms with van der Waals surface area (Å²) in [4.78, 5) is 12.5. The molecule has 0 radical (unpaired) electrons. The van der Waals surface area contributed by atoms with Gasteiger partial charge in [0.15, 0.2) is 5.11 Å². The monoisotopic (exact) mass is 282 g/mol. The minimum absolute atomic E-state index is 0.119. The summed E-state index contributed by atoms with van der Waals surface area (Å²) in [5.74, 6) is 0.501. The van der Waals surface area contributed by atoms with E-state index in [-0.39, 0.29) is 5.91 Å². The lowest BCUT2D eigenvalue weighted by atomic mass is 9.86. The molecule has 1 aromatic rings. The maximum atomic E-state index is 11.8. The summed E-state index contributed by atoms with van der Waals surface area (Å²) in [7, 11) is 0. The second kappa shape index (κ2) is 6.29. The fourth-order valence-corrected chi connectivity index (χ4v) is 3.17. The molecule has 1 fully saturated rings. The molecular formula is C13H18N2OS2. The van der Waals surface area contributed by atoms with Gasteiger partial charge in [0.1, 0.15) is 0 Å². The third kappa shape index (κ3) is 3.53. The van der Waals surface area contributed by atoms with Gasteiger partial charge < -0.3 is 5.32 Å². The van der Waals surface area contributed by atoms with Gasteiger partial charge in [-0.1, -0.05) is 25.8 Å². The molecule has 3 nitrogen and oxygen atoms in total. The van der Waals surface area contributed by atoms with Crippen molar-refractivity contribution >= 4 is 34.6 Å². The average Bonchev–Trinajstić information content (AvgIpc) is 2.85. The average molecular weight is 282 g/mol. The summed E-state index contributed by atoms with van der Waals surface area (Å²) in [5, 5.41) is 8.34. The van der Waals surface area contributed by atoms with Gasteiger partial charge in [0.05, 0.1) is 4.88 Å². The Morgan fingerprint density at radius 2 is 2.22 bits per heavy atom. The van der Waals surface area contributed by atoms with Crippen LogP contribution in [0.5, 0.6) is 0 Å². The number of hydrogen-bond acceptors (Lipinski definition) is 3. The van der Waals surface area contributed by atoms with Gasteiger partial charge >= 0.3 is 0 Å². The van der Waals surface area contributed by atoms with Crippen LogP contribution in [0.3, 0.4) is 0 Å². The maximum absolute atomic E-state index is 11.8. The lowest BCUT2D eigenvalue weighted by molar-refractivity contribution is 0.0980. The molecule has 18 heavy (non-hydrogen) atoms. The summed E-state index contributed by atoms with van der Waals surface area (Å²) in [6.07, 6.45) is 4.91. The molecule has 98 valence electrons. The molecule has 1 heterocycles. The van der Waals surface area contributed by atoms with Crippen molar-refractivity contribution in [3.63, 3.8) is 0 Å². The fourth-order valence-electron chi connectivity index (χ4n) is 2.31. The Kier molecular flexibility index (Phi) is 4.72. The van der Waals surface area contributed by atoms with Gasteiger partial charge in [0, 0.05) is 6.04 Å².